The molecular weight excluding hydrogens is 318 g/mol. The Labute approximate surface area is 149 Å². The third-order valence-corrected chi connectivity index (χ3v) is 5.19. The van der Waals surface area contributed by atoms with E-state index in [1.54, 1.807) is 12.1 Å². The molecule has 5 nitrogen and oxygen atoms in total. The number of piperidine rings is 1. The van der Waals surface area contributed by atoms with Crippen LogP contribution in [0.15, 0.2) is 24.3 Å². The van der Waals surface area contributed by atoms with Crippen molar-refractivity contribution in [3.63, 3.8) is 0 Å². The molecule has 1 amide bonds. The molecule has 2 aliphatic heterocycles. The summed E-state index contributed by atoms with van der Waals surface area (Å²) in [5.74, 6) is -0.457. The van der Waals surface area contributed by atoms with Gasteiger partial charge in [0, 0.05) is 12.1 Å². The highest BCUT2D eigenvalue weighted by molar-refractivity contribution is 5.89. The fourth-order valence-corrected chi connectivity index (χ4v) is 4.29. The van der Waals surface area contributed by atoms with Gasteiger partial charge < -0.3 is 14.7 Å². The summed E-state index contributed by atoms with van der Waals surface area (Å²) >= 11 is 0. The second-order valence-electron chi connectivity index (χ2n) is 8.28. The normalized spacial score (nSPS) is 25.7. The molecule has 1 aromatic rings. The van der Waals surface area contributed by atoms with Gasteiger partial charge in [-0.3, -0.25) is 0 Å². The Kier molecular flexibility index (Phi) is 4.76. The lowest BCUT2D eigenvalue weighted by atomic mass is 9.85. The molecule has 2 heterocycles. The lowest BCUT2D eigenvalue weighted by molar-refractivity contribution is 0.00216. The Morgan fingerprint density at radius 2 is 1.76 bits per heavy atom. The number of amides is 1. The predicted molar refractivity (Wildman–Crippen MR) is 94.7 cm³/mol. The van der Waals surface area contributed by atoms with E-state index >= 15 is 0 Å². The van der Waals surface area contributed by atoms with Crippen LogP contribution in [0.25, 0.3) is 0 Å². The first-order chi connectivity index (χ1) is 11.7. The van der Waals surface area contributed by atoms with Crippen molar-refractivity contribution in [1.82, 2.24) is 4.90 Å². The minimum Gasteiger partial charge on any atom is -0.478 e. The van der Waals surface area contributed by atoms with E-state index in [4.69, 9.17) is 4.74 Å². The maximum absolute atomic E-state index is 12.5. The molecule has 0 radical (unpaired) electrons. The topological polar surface area (TPSA) is 66.8 Å². The summed E-state index contributed by atoms with van der Waals surface area (Å²) < 4.78 is 5.57. The van der Waals surface area contributed by atoms with E-state index in [0.29, 0.717) is 11.5 Å². The van der Waals surface area contributed by atoms with Crippen LogP contribution in [0.4, 0.5) is 4.79 Å². The van der Waals surface area contributed by atoms with Crippen molar-refractivity contribution in [2.45, 2.75) is 70.6 Å². The molecule has 25 heavy (non-hydrogen) atoms. The molecular formula is C20H27NO4. The molecule has 3 rings (SSSR count). The van der Waals surface area contributed by atoms with E-state index in [1.165, 1.54) is 0 Å². The SMILES string of the molecule is CC(C)(C)OC(=O)N1C2CCC1CC(Cc1ccccc1C(=O)O)C2. The molecule has 2 atom stereocenters. The Bertz CT molecular complexity index is 650. The van der Waals surface area contributed by atoms with Gasteiger partial charge in [0.15, 0.2) is 0 Å². The molecule has 2 bridgehead atoms. The molecule has 136 valence electrons. The van der Waals surface area contributed by atoms with Gasteiger partial charge in [0.25, 0.3) is 0 Å². The molecule has 0 saturated carbocycles. The van der Waals surface area contributed by atoms with Crippen molar-refractivity contribution < 1.29 is 19.4 Å². The maximum atomic E-state index is 12.5. The van der Waals surface area contributed by atoms with Gasteiger partial charge in [-0.2, -0.15) is 0 Å². The minimum absolute atomic E-state index is 0.204. The Balaban J connectivity index is 1.68. The number of carbonyl (C=O) groups is 2. The van der Waals surface area contributed by atoms with Gasteiger partial charge in [-0.05, 0) is 70.4 Å². The van der Waals surface area contributed by atoms with Crippen molar-refractivity contribution in [1.29, 1.82) is 0 Å². The van der Waals surface area contributed by atoms with Gasteiger partial charge in [-0.15, -0.1) is 0 Å². The highest BCUT2D eigenvalue weighted by atomic mass is 16.6. The average molecular weight is 345 g/mol. The van der Waals surface area contributed by atoms with E-state index < -0.39 is 11.6 Å². The predicted octanol–water partition coefficient (Wildman–Crippen LogP) is 4.11. The van der Waals surface area contributed by atoms with Gasteiger partial charge in [-0.1, -0.05) is 18.2 Å². The standard InChI is InChI=1S/C20H27NO4/c1-20(2,3)25-19(24)21-15-8-9-16(21)12-13(11-15)10-14-6-4-5-7-17(14)18(22)23/h4-7,13,15-16H,8-12H2,1-3H3,(H,22,23). The number of aromatic carboxylic acids is 1. The third kappa shape index (κ3) is 3.97. The minimum atomic E-state index is -0.871. The van der Waals surface area contributed by atoms with Crippen LogP contribution in [-0.4, -0.2) is 39.8 Å². The average Bonchev–Trinajstić information content (AvgIpc) is 2.78. The van der Waals surface area contributed by atoms with Crippen molar-refractivity contribution in [2.24, 2.45) is 5.92 Å². The second-order valence-corrected chi connectivity index (χ2v) is 8.28. The Hall–Kier alpha value is -2.04. The first-order valence-electron chi connectivity index (χ1n) is 9.07. The van der Waals surface area contributed by atoms with Crippen LogP contribution in [0.5, 0.6) is 0 Å². The number of carboxylic acid groups (broad SMARTS) is 1. The second kappa shape index (κ2) is 6.70. The number of carbonyl (C=O) groups excluding carboxylic acids is 1. The number of carboxylic acids is 1. The zero-order chi connectivity index (χ0) is 18.2. The van der Waals surface area contributed by atoms with E-state index in [0.717, 1.165) is 37.7 Å². The Morgan fingerprint density at radius 3 is 2.32 bits per heavy atom. The van der Waals surface area contributed by atoms with Crippen LogP contribution >= 0.6 is 0 Å². The molecule has 2 aliphatic rings. The molecule has 2 saturated heterocycles. The summed E-state index contributed by atoms with van der Waals surface area (Å²) in [5.41, 5.74) is 0.808. The van der Waals surface area contributed by atoms with E-state index in [9.17, 15) is 14.7 Å². The van der Waals surface area contributed by atoms with Crippen molar-refractivity contribution >= 4 is 12.1 Å². The monoisotopic (exact) mass is 345 g/mol. The fraction of sp³-hybridized carbons (Fsp3) is 0.600. The lowest BCUT2D eigenvalue weighted by Crippen LogP contribution is -2.48. The molecule has 5 heteroatoms. The number of hydrogen-bond donors (Lipinski definition) is 1. The summed E-state index contributed by atoms with van der Waals surface area (Å²) in [5, 5.41) is 9.37. The summed E-state index contributed by atoms with van der Waals surface area (Å²) in [6, 6.07) is 7.67. The first-order valence-corrected chi connectivity index (χ1v) is 9.07. The van der Waals surface area contributed by atoms with E-state index in [1.807, 2.05) is 37.8 Å². The zero-order valence-electron chi connectivity index (χ0n) is 15.2. The van der Waals surface area contributed by atoms with Crippen LogP contribution < -0.4 is 0 Å². The van der Waals surface area contributed by atoms with Gasteiger partial charge in [0.2, 0.25) is 0 Å². The van der Waals surface area contributed by atoms with Gasteiger partial charge in [0.05, 0.1) is 5.56 Å². The number of ether oxygens (including phenoxy) is 1. The first kappa shape index (κ1) is 17.8. The number of benzene rings is 1. The van der Waals surface area contributed by atoms with Crippen molar-refractivity contribution in [2.75, 3.05) is 0 Å². The summed E-state index contributed by atoms with van der Waals surface area (Å²) in [6.07, 6.45) is 4.43. The quantitative estimate of drug-likeness (QED) is 0.895. The van der Waals surface area contributed by atoms with E-state index in [-0.39, 0.29) is 18.2 Å². The number of hydrogen-bond acceptors (Lipinski definition) is 3. The molecule has 2 fully saturated rings. The summed E-state index contributed by atoms with van der Waals surface area (Å²) in [7, 11) is 0. The Morgan fingerprint density at radius 1 is 1.16 bits per heavy atom. The van der Waals surface area contributed by atoms with E-state index in [2.05, 4.69) is 0 Å². The van der Waals surface area contributed by atoms with Gasteiger partial charge >= 0.3 is 12.1 Å². The zero-order valence-corrected chi connectivity index (χ0v) is 15.2. The smallest absolute Gasteiger partial charge is 0.410 e. The third-order valence-electron chi connectivity index (χ3n) is 5.19. The fourth-order valence-electron chi connectivity index (χ4n) is 4.29. The van der Waals surface area contributed by atoms with Crippen LogP contribution in [0.2, 0.25) is 0 Å². The summed E-state index contributed by atoms with van der Waals surface area (Å²) in [6.45, 7) is 5.67. The number of fused-ring (bicyclic) bond motifs is 2. The van der Waals surface area contributed by atoms with Crippen LogP contribution in [-0.2, 0) is 11.2 Å². The number of nitrogens with zero attached hydrogens (tertiary/aromatic N) is 1. The number of rotatable bonds is 3. The van der Waals surface area contributed by atoms with Crippen molar-refractivity contribution in [3.05, 3.63) is 35.4 Å². The lowest BCUT2D eigenvalue weighted by Gasteiger charge is -2.39. The molecule has 1 N–H and O–H groups in total. The largest absolute Gasteiger partial charge is 0.478 e. The molecule has 0 aromatic heterocycles. The van der Waals surface area contributed by atoms with Gasteiger partial charge in [0.1, 0.15) is 5.60 Å². The summed E-state index contributed by atoms with van der Waals surface area (Å²) in [4.78, 5) is 25.9. The molecule has 1 aromatic carbocycles. The highest BCUT2D eigenvalue weighted by Gasteiger charge is 2.44. The van der Waals surface area contributed by atoms with Crippen LogP contribution in [0.1, 0.15) is 62.4 Å². The van der Waals surface area contributed by atoms with Crippen LogP contribution in [0.3, 0.4) is 0 Å². The highest BCUT2D eigenvalue weighted by Crippen LogP contribution is 2.40. The van der Waals surface area contributed by atoms with Crippen molar-refractivity contribution in [3.8, 4) is 0 Å². The van der Waals surface area contributed by atoms with Gasteiger partial charge in [-0.25, -0.2) is 9.59 Å². The maximum Gasteiger partial charge on any atom is 0.410 e. The molecule has 2 unspecified atom stereocenters. The molecule has 0 spiro atoms. The van der Waals surface area contributed by atoms with Crippen LogP contribution in [0, 0.1) is 5.92 Å². The molecule has 0 aliphatic carbocycles.